The fourth-order valence-electron chi connectivity index (χ4n) is 0.690. The van der Waals surface area contributed by atoms with Crippen LogP contribution in [0.5, 0.6) is 0 Å². The summed E-state index contributed by atoms with van der Waals surface area (Å²) in [6.07, 6.45) is 4.07. The monoisotopic (exact) mass is 141 g/mol. The fourth-order valence-corrected chi connectivity index (χ4v) is 0.690. The summed E-state index contributed by atoms with van der Waals surface area (Å²) in [6.45, 7) is 1.86. The van der Waals surface area contributed by atoms with Crippen LogP contribution in [0.3, 0.4) is 0 Å². The van der Waals surface area contributed by atoms with E-state index < -0.39 is 0 Å². The van der Waals surface area contributed by atoms with Crippen LogP contribution in [0.1, 0.15) is 12.8 Å². The van der Waals surface area contributed by atoms with Crippen molar-refractivity contribution in [1.82, 2.24) is 0 Å². The second-order valence-corrected chi connectivity index (χ2v) is 2.49. The van der Waals surface area contributed by atoms with Gasteiger partial charge in [0.15, 0.2) is 0 Å². The Hall–Kier alpha value is -0.660. The van der Waals surface area contributed by atoms with Crippen LogP contribution in [0.25, 0.3) is 0 Å². The average molecular weight is 141 g/mol. The molecule has 0 saturated heterocycles. The molecule has 1 aliphatic carbocycles. The minimum Gasteiger partial charge on any atom is -0.379 e. The molecule has 0 unspecified atom stereocenters. The lowest BCUT2D eigenvalue weighted by Crippen LogP contribution is -2.00. The maximum atomic E-state index is 9.57. The molecule has 1 rings (SSSR count). The molecule has 0 aromatic carbocycles. The molecular weight excluding hydrogens is 130 g/mol. The standard InChI is InChI=1S/C7H11NO2/c9-6-8-3-4-10-5-7-1-2-7/h7H,1-5H2. The van der Waals surface area contributed by atoms with Crippen LogP contribution in [0.2, 0.25) is 0 Å². The molecule has 0 amide bonds. The molecule has 0 aliphatic heterocycles. The molecule has 1 fully saturated rings. The van der Waals surface area contributed by atoms with Crippen molar-refractivity contribution in [3.63, 3.8) is 0 Å². The number of rotatable bonds is 5. The van der Waals surface area contributed by atoms with E-state index in [1.165, 1.54) is 18.9 Å². The van der Waals surface area contributed by atoms with Gasteiger partial charge in [0, 0.05) is 6.61 Å². The summed E-state index contributed by atoms with van der Waals surface area (Å²) in [5.74, 6) is 0.792. The average Bonchev–Trinajstić information content (AvgIpc) is 2.71. The van der Waals surface area contributed by atoms with Gasteiger partial charge in [0.1, 0.15) is 0 Å². The molecule has 0 N–H and O–H groups in total. The first kappa shape index (κ1) is 7.45. The Morgan fingerprint density at radius 1 is 1.60 bits per heavy atom. The second-order valence-electron chi connectivity index (χ2n) is 2.49. The Morgan fingerprint density at radius 2 is 2.40 bits per heavy atom. The van der Waals surface area contributed by atoms with E-state index in [9.17, 15) is 4.79 Å². The minimum atomic E-state index is 0.455. The number of ether oxygens (including phenoxy) is 1. The maximum absolute atomic E-state index is 9.57. The Balaban J connectivity index is 1.80. The number of nitrogens with zero attached hydrogens (tertiary/aromatic N) is 1. The molecule has 1 saturated carbocycles. The van der Waals surface area contributed by atoms with Gasteiger partial charge in [0.25, 0.3) is 0 Å². The van der Waals surface area contributed by atoms with Crippen molar-refractivity contribution in [3.05, 3.63) is 0 Å². The molecule has 0 heterocycles. The maximum Gasteiger partial charge on any atom is 0.235 e. The highest BCUT2D eigenvalue weighted by molar-refractivity contribution is 5.32. The van der Waals surface area contributed by atoms with Crippen LogP contribution in [0.4, 0.5) is 0 Å². The SMILES string of the molecule is O=C=NCCOCC1CC1. The van der Waals surface area contributed by atoms with E-state index in [0.717, 1.165) is 12.5 Å². The zero-order valence-electron chi connectivity index (χ0n) is 5.88. The first-order valence-corrected chi connectivity index (χ1v) is 3.55. The smallest absolute Gasteiger partial charge is 0.235 e. The third-order valence-electron chi connectivity index (χ3n) is 1.46. The molecule has 0 radical (unpaired) electrons. The van der Waals surface area contributed by atoms with Gasteiger partial charge in [-0.2, -0.15) is 0 Å². The van der Waals surface area contributed by atoms with Crippen LogP contribution in [-0.2, 0) is 9.53 Å². The zero-order chi connectivity index (χ0) is 7.23. The van der Waals surface area contributed by atoms with E-state index >= 15 is 0 Å². The van der Waals surface area contributed by atoms with Crippen molar-refractivity contribution in [2.45, 2.75) is 12.8 Å². The summed E-state index contributed by atoms with van der Waals surface area (Å²) in [5.41, 5.74) is 0. The number of hydrogen-bond acceptors (Lipinski definition) is 3. The summed E-state index contributed by atoms with van der Waals surface area (Å²) >= 11 is 0. The van der Waals surface area contributed by atoms with Gasteiger partial charge in [-0.25, -0.2) is 9.79 Å². The summed E-state index contributed by atoms with van der Waals surface area (Å²) < 4.78 is 5.19. The molecule has 0 atom stereocenters. The van der Waals surface area contributed by atoms with Crippen molar-refractivity contribution in [1.29, 1.82) is 0 Å². The third-order valence-corrected chi connectivity index (χ3v) is 1.46. The molecule has 0 aromatic heterocycles. The van der Waals surface area contributed by atoms with E-state index in [-0.39, 0.29) is 0 Å². The van der Waals surface area contributed by atoms with Crippen LogP contribution in [0, 0.1) is 5.92 Å². The van der Waals surface area contributed by atoms with Gasteiger partial charge >= 0.3 is 0 Å². The largest absolute Gasteiger partial charge is 0.379 e. The van der Waals surface area contributed by atoms with Gasteiger partial charge < -0.3 is 4.74 Å². The van der Waals surface area contributed by atoms with Crippen LogP contribution in [-0.4, -0.2) is 25.8 Å². The topological polar surface area (TPSA) is 38.7 Å². The lowest BCUT2D eigenvalue weighted by atomic mass is 10.5. The number of aliphatic imine (C=N–C) groups is 1. The molecule has 0 aromatic rings. The highest BCUT2D eigenvalue weighted by Crippen LogP contribution is 2.28. The van der Waals surface area contributed by atoms with E-state index in [0.29, 0.717) is 13.2 Å². The fraction of sp³-hybridized carbons (Fsp3) is 0.857. The second kappa shape index (κ2) is 4.20. The summed E-state index contributed by atoms with van der Waals surface area (Å²) in [5, 5.41) is 0. The lowest BCUT2D eigenvalue weighted by molar-refractivity contribution is 0.132. The van der Waals surface area contributed by atoms with E-state index in [1.54, 1.807) is 0 Å². The van der Waals surface area contributed by atoms with Gasteiger partial charge in [-0.1, -0.05) is 0 Å². The zero-order valence-corrected chi connectivity index (χ0v) is 5.88. The van der Waals surface area contributed by atoms with Crippen molar-refractivity contribution < 1.29 is 9.53 Å². The van der Waals surface area contributed by atoms with Crippen LogP contribution >= 0.6 is 0 Å². The lowest BCUT2D eigenvalue weighted by Gasteiger charge is -1.96. The minimum absolute atomic E-state index is 0.455. The predicted octanol–water partition coefficient (Wildman–Crippen LogP) is 0.749. The van der Waals surface area contributed by atoms with Crippen molar-refractivity contribution >= 4 is 6.08 Å². The Labute approximate surface area is 60.1 Å². The van der Waals surface area contributed by atoms with Gasteiger partial charge in [-0.15, -0.1) is 0 Å². The number of isocyanates is 1. The summed E-state index contributed by atoms with van der Waals surface area (Å²) in [4.78, 5) is 12.9. The van der Waals surface area contributed by atoms with Crippen LogP contribution in [0.15, 0.2) is 4.99 Å². The molecular formula is C7H11NO2. The molecule has 3 heteroatoms. The molecule has 56 valence electrons. The normalized spacial score (nSPS) is 16.4. The molecule has 3 nitrogen and oxygen atoms in total. The Kier molecular flexibility index (Phi) is 3.13. The van der Waals surface area contributed by atoms with Gasteiger partial charge in [-0.3, -0.25) is 0 Å². The van der Waals surface area contributed by atoms with Crippen molar-refractivity contribution in [2.75, 3.05) is 19.8 Å². The highest BCUT2D eigenvalue weighted by Gasteiger charge is 2.20. The van der Waals surface area contributed by atoms with Crippen molar-refractivity contribution in [2.24, 2.45) is 10.9 Å². The Bertz CT molecular complexity index is 137. The predicted molar refractivity (Wildman–Crippen MR) is 36.5 cm³/mol. The van der Waals surface area contributed by atoms with E-state index in [1.807, 2.05) is 0 Å². The van der Waals surface area contributed by atoms with E-state index in [4.69, 9.17) is 4.74 Å². The number of carbonyl (C=O) groups excluding carboxylic acids is 1. The summed E-state index contributed by atoms with van der Waals surface area (Å²) in [7, 11) is 0. The Morgan fingerprint density at radius 3 is 3.00 bits per heavy atom. The third kappa shape index (κ3) is 3.38. The van der Waals surface area contributed by atoms with Gasteiger partial charge in [-0.05, 0) is 18.8 Å². The first-order chi connectivity index (χ1) is 4.93. The molecule has 0 spiro atoms. The number of hydrogen-bond donors (Lipinski definition) is 0. The quantitative estimate of drug-likeness (QED) is 0.322. The van der Waals surface area contributed by atoms with E-state index in [2.05, 4.69) is 4.99 Å². The highest BCUT2D eigenvalue weighted by atomic mass is 16.5. The van der Waals surface area contributed by atoms with Crippen molar-refractivity contribution in [3.8, 4) is 0 Å². The van der Waals surface area contributed by atoms with Gasteiger partial charge in [0.05, 0.1) is 13.2 Å². The van der Waals surface area contributed by atoms with Crippen LogP contribution < -0.4 is 0 Å². The molecule has 1 aliphatic rings. The molecule has 10 heavy (non-hydrogen) atoms. The summed E-state index contributed by atoms with van der Waals surface area (Å²) in [6, 6.07) is 0. The first-order valence-electron chi connectivity index (χ1n) is 3.55. The van der Waals surface area contributed by atoms with Gasteiger partial charge in [0.2, 0.25) is 6.08 Å². The molecule has 0 bridgehead atoms.